The fraction of sp³-hybridized carbons (Fsp3) is 0. The molecular weight excluding hydrogens is 252 g/mol. The molecule has 0 saturated carbocycles. The number of carbonyl (C=O) groups excluding carboxylic acids is 1. The largest absolute Gasteiger partial charge is 0.478 e. The van der Waals surface area contributed by atoms with Crippen LogP contribution in [0.4, 0.5) is 0 Å². The summed E-state index contributed by atoms with van der Waals surface area (Å²) in [5.41, 5.74) is 0.298. The first-order valence-electron chi connectivity index (χ1n) is 5.15. The number of aldehydes is 1. The zero-order valence-corrected chi connectivity index (χ0v) is 9.48. The van der Waals surface area contributed by atoms with Crippen molar-refractivity contribution in [2.75, 3.05) is 0 Å². The van der Waals surface area contributed by atoms with Gasteiger partial charge in [-0.2, -0.15) is 5.10 Å². The van der Waals surface area contributed by atoms with Crippen LogP contribution < -0.4 is 0 Å². The molecule has 1 aromatic carbocycles. The van der Waals surface area contributed by atoms with E-state index in [1.54, 1.807) is 0 Å². The lowest BCUT2D eigenvalue weighted by Gasteiger charge is -2.03. The highest BCUT2D eigenvalue weighted by molar-refractivity contribution is 5.89. The van der Waals surface area contributed by atoms with Gasteiger partial charge < -0.3 is 10.2 Å². The minimum absolute atomic E-state index is 0.0699. The second-order valence-corrected chi connectivity index (χ2v) is 3.64. The zero-order chi connectivity index (χ0) is 14.0. The van der Waals surface area contributed by atoms with Crippen molar-refractivity contribution in [3.63, 3.8) is 0 Å². The molecule has 0 amide bonds. The van der Waals surface area contributed by atoms with Gasteiger partial charge in [0.05, 0.1) is 11.3 Å². The number of hydrogen-bond donors (Lipinski definition) is 2. The Morgan fingerprint density at radius 3 is 2.21 bits per heavy atom. The minimum Gasteiger partial charge on any atom is -0.478 e. The van der Waals surface area contributed by atoms with E-state index >= 15 is 0 Å². The Bertz CT molecular complexity index is 657. The van der Waals surface area contributed by atoms with Crippen molar-refractivity contribution in [3.05, 3.63) is 47.3 Å². The van der Waals surface area contributed by atoms with Crippen molar-refractivity contribution in [1.29, 1.82) is 0 Å². The Morgan fingerprint density at radius 2 is 1.74 bits per heavy atom. The minimum atomic E-state index is -1.25. The Morgan fingerprint density at radius 1 is 1.11 bits per heavy atom. The van der Waals surface area contributed by atoms with Gasteiger partial charge in [0.25, 0.3) is 0 Å². The van der Waals surface area contributed by atoms with Crippen LogP contribution in [-0.2, 0) is 0 Å². The maximum absolute atomic E-state index is 10.9. The number of aromatic carboxylic acids is 2. The molecule has 0 aliphatic heterocycles. The molecule has 1 aromatic heterocycles. The molecule has 96 valence electrons. The molecule has 0 unspecified atom stereocenters. The van der Waals surface area contributed by atoms with E-state index < -0.39 is 11.9 Å². The van der Waals surface area contributed by atoms with E-state index in [0.29, 0.717) is 12.0 Å². The topological polar surface area (TPSA) is 109 Å². The Hall–Kier alpha value is -2.96. The average Bonchev–Trinajstić information content (AvgIpc) is 2.83. The molecule has 7 heteroatoms. The summed E-state index contributed by atoms with van der Waals surface area (Å²) in [5, 5.41) is 21.3. The van der Waals surface area contributed by atoms with Gasteiger partial charge in [0.1, 0.15) is 5.69 Å². The number of carboxylic acid groups (broad SMARTS) is 2. The average molecular weight is 260 g/mol. The quantitative estimate of drug-likeness (QED) is 0.796. The van der Waals surface area contributed by atoms with Gasteiger partial charge in [-0.1, -0.05) is 0 Å². The van der Waals surface area contributed by atoms with Gasteiger partial charge in [-0.25, -0.2) is 14.3 Å². The number of carboxylic acids is 2. The van der Waals surface area contributed by atoms with Gasteiger partial charge in [-0.3, -0.25) is 4.79 Å². The number of nitrogens with zero attached hydrogens (tertiary/aromatic N) is 2. The molecule has 0 radical (unpaired) electrons. The third kappa shape index (κ3) is 2.34. The lowest BCUT2D eigenvalue weighted by molar-refractivity contribution is 0.0682. The highest BCUT2D eigenvalue weighted by Gasteiger charge is 2.14. The second-order valence-electron chi connectivity index (χ2n) is 3.64. The van der Waals surface area contributed by atoms with E-state index in [-0.39, 0.29) is 17.0 Å². The van der Waals surface area contributed by atoms with Gasteiger partial charge in [0.2, 0.25) is 0 Å². The molecule has 2 rings (SSSR count). The first-order valence-corrected chi connectivity index (χ1v) is 5.15. The third-order valence-electron chi connectivity index (χ3n) is 2.44. The SMILES string of the molecule is O=Cc1cc(C(=O)O)nn1-c1ccc(C(=O)O)cc1. The molecule has 19 heavy (non-hydrogen) atoms. The lowest BCUT2D eigenvalue weighted by atomic mass is 10.2. The molecule has 7 nitrogen and oxygen atoms in total. The second kappa shape index (κ2) is 4.73. The van der Waals surface area contributed by atoms with E-state index in [4.69, 9.17) is 10.2 Å². The normalized spacial score (nSPS) is 10.1. The number of rotatable bonds is 4. The summed E-state index contributed by atoms with van der Waals surface area (Å²) in [6.07, 6.45) is 0.477. The Balaban J connectivity index is 2.48. The van der Waals surface area contributed by atoms with Gasteiger partial charge >= 0.3 is 11.9 Å². The van der Waals surface area contributed by atoms with Gasteiger partial charge in [-0.15, -0.1) is 0 Å². The van der Waals surface area contributed by atoms with E-state index in [9.17, 15) is 14.4 Å². The molecule has 0 spiro atoms. The molecule has 0 aliphatic rings. The lowest BCUT2D eigenvalue weighted by Crippen LogP contribution is -2.04. The van der Waals surface area contributed by atoms with Crippen LogP contribution in [0, 0.1) is 0 Å². The van der Waals surface area contributed by atoms with Gasteiger partial charge in [0.15, 0.2) is 12.0 Å². The summed E-state index contributed by atoms with van der Waals surface area (Å²) in [5.74, 6) is -2.32. The van der Waals surface area contributed by atoms with Crippen molar-refractivity contribution in [1.82, 2.24) is 9.78 Å². The molecular formula is C12H8N2O5. The van der Waals surface area contributed by atoms with Crippen molar-refractivity contribution >= 4 is 18.2 Å². The number of aromatic nitrogens is 2. The molecule has 0 aliphatic carbocycles. The number of hydrogen-bond acceptors (Lipinski definition) is 4. The third-order valence-corrected chi connectivity index (χ3v) is 2.44. The van der Waals surface area contributed by atoms with Crippen LogP contribution in [0.25, 0.3) is 5.69 Å². The van der Waals surface area contributed by atoms with Crippen molar-refractivity contribution in [2.45, 2.75) is 0 Å². The first-order chi connectivity index (χ1) is 9.02. The van der Waals surface area contributed by atoms with Crippen LogP contribution in [-0.4, -0.2) is 38.2 Å². The molecule has 0 atom stereocenters. The van der Waals surface area contributed by atoms with Crippen molar-refractivity contribution in [2.24, 2.45) is 0 Å². The molecule has 1 heterocycles. The molecule has 0 fully saturated rings. The predicted octanol–water partition coefficient (Wildman–Crippen LogP) is 1.08. The maximum Gasteiger partial charge on any atom is 0.356 e. The summed E-state index contributed by atoms with van der Waals surface area (Å²) < 4.78 is 1.14. The molecule has 2 N–H and O–H groups in total. The Kier molecular flexibility index (Phi) is 3.11. The maximum atomic E-state index is 10.9. The Labute approximate surface area is 106 Å². The predicted molar refractivity (Wildman–Crippen MR) is 62.9 cm³/mol. The fourth-order valence-corrected chi connectivity index (χ4v) is 1.54. The van der Waals surface area contributed by atoms with E-state index in [2.05, 4.69) is 5.10 Å². The van der Waals surface area contributed by atoms with Crippen LogP contribution >= 0.6 is 0 Å². The monoisotopic (exact) mass is 260 g/mol. The molecule has 2 aromatic rings. The van der Waals surface area contributed by atoms with E-state index in [1.807, 2.05) is 0 Å². The van der Waals surface area contributed by atoms with E-state index in [0.717, 1.165) is 10.7 Å². The van der Waals surface area contributed by atoms with Crippen LogP contribution in [0.2, 0.25) is 0 Å². The van der Waals surface area contributed by atoms with Crippen LogP contribution in [0.3, 0.4) is 0 Å². The zero-order valence-electron chi connectivity index (χ0n) is 9.48. The standard InChI is InChI=1S/C12H8N2O5/c15-6-9-5-10(12(18)19)13-14(9)8-3-1-7(2-4-8)11(16)17/h1-6H,(H,16,17)(H,18,19). The summed E-state index contributed by atoms with van der Waals surface area (Å²) in [6, 6.07) is 6.70. The number of carbonyl (C=O) groups is 3. The molecule has 0 saturated heterocycles. The highest BCUT2D eigenvalue weighted by atomic mass is 16.4. The summed E-state index contributed by atoms with van der Waals surface area (Å²) in [6.45, 7) is 0. The number of benzene rings is 1. The summed E-state index contributed by atoms with van der Waals surface area (Å²) in [4.78, 5) is 32.4. The van der Waals surface area contributed by atoms with Crippen molar-refractivity contribution in [3.8, 4) is 5.69 Å². The highest BCUT2D eigenvalue weighted by Crippen LogP contribution is 2.13. The van der Waals surface area contributed by atoms with E-state index in [1.165, 1.54) is 24.3 Å². The molecule has 0 bridgehead atoms. The van der Waals surface area contributed by atoms with Gasteiger partial charge in [0, 0.05) is 6.07 Å². The van der Waals surface area contributed by atoms with Crippen LogP contribution in [0.1, 0.15) is 31.3 Å². The van der Waals surface area contributed by atoms with Gasteiger partial charge in [-0.05, 0) is 24.3 Å². The smallest absolute Gasteiger partial charge is 0.356 e. The van der Waals surface area contributed by atoms with Crippen LogP contribution in [0.5, 0.6) is 0 Å². The first kappa shape index (κ1) is 12.5. The summed E-state index contributed by atoms with van der Waals surface area (Å²) in [7, 11) is 0. The van der Waals surface area contributed by atoms with Crippen LogP contribution in [0.15, 0.2) is 30.3 Å². The van der Waals surface area contributed by atoms with Crippen molar-refractivity contribution < 1.29 is 24.6 Å². The summed E-state index contributed by atoms with van der Waals surface area (Å²) >= 11 is 0. The fourth-order valence-electron chi connectivity index (χ4n) is 1.54.